The van der Waals surface area contributed by atoms with E-state index in [0.717, 1.165) is 38.9 Å². The standard InChI is InChI=1S/C57H61N3O13/c1-38(61)59-52-54(72-40(3)63)53(71-39(2)62)49(37-70-57(41-22-10-7-11-23-41,42-24-12-8-13-25-42)43-26-14-9-15-27-43)73-55(52)68-33-21-6-5-20-32-60(35-50(64)58-34-51(65)67-4)56(66)69-36-48-46-30-18-16-28-44(46)45-29-17-19-31-47(45)48/h6-19,21-31,48-49,52-55H,5,20,32-37H2,1-4H3,(H,58,64)(H,59,61)/b21-6+/t49-,52-,53-,54-,55-/m1/s1. The van der Waals surface area contributed by atoms with E-state index >= 15 is 0 Å². The molecule has 3 amide bonds. The largest absolute Gasteiger partial charge is 0.468 e. The number of methoxy groups -OCH3 is 1. The molecule has 0 spiro atoms. The normalized spacial score (nSPS) is 18.2. The van der Waals surface area contributed by atoms with Gasteiger partial charge >= 0.3 is 24.0 Å². The van der Waals surface area contributed by atoms with Crippen molar-refractivity contribution in [1.82, 2.24) is 15.5 Å². The Morgan fingerprint density at radius 2 is 1.21 bits per heavy atom. The average Bonchev–Trinajstić information content (AvgIpc) is 3.72. The highest BCUT2D eigenvalue weighted by Gasteiger charge is 2.52. The number of amides is 3. The summed E-state index contributed by atoms with van der Waals surface area (Å²) >= 11 is 0. The van der Waals surface area contributed by atoms with Gasteiger partial charge in [-0.05, 0) is 51.8 Å². The first-order valence-electron chi connectivity index (χ1n) is 24.2. The van der Waals surface area contributed by atoms with Crippen molar-refractivity contribution in [2.75, 3.05) is 46.6 Å². The van der Waals surface area contributed by atoms with Crippen LogP contribution in [0.5, 0.6) is 0 Å². The van der Waals surface area contributed by atoms with Gasteiger partial charge in [0, 0.05) is 33.2 Å². The van der Waals surface area contributed by atoms with E-state index in [-0.39, 0.29) is 45.4 Å². The highest BCUT2D eigenvalue weighted by Crippen LogP contribution is 2.45. The van der Waals surface area contributed by atoms with Crippen LogP contribution in [0.25, 0.3) is 11.1 Å². The van der Waals surface area contributed by atoms with Gasteiger partial charge in [0.15, 0.2) is 18.5 Å². The van der Waals surface area contributed by atoms with E-state index in [1.165, 1.54) is 32.8 Å². The number of benzene rings is 5. The second-order valence-corrected chi connectivity index (χ2v) is 17.5. The van der Waals surface area contributed by atoms with Gasteiger partial charge in [-0.1, -0.05) is 152 Å². The van der Waals surface area contributed by atoms with Crippen molar-refractivity contribution >= 4 is 35.8 Å². The minimum absolute atomic E-state index is 0.0483. The third-order valence-corrected chi connectivity index (χ3v) is 12.5. The van der Waals surface area contributed by atoms with Crippen LogP contribution < -0.4 is 10.6 Å². The van der Waals surface area contributed by atoms with Gasteiger partial charge in [-0.25, -0.2) is 4.79 Å². The Labute approximate surface area is 424 Å². The number of nitrogens with one attached hydrogen (secondary N) is 2. The zero-order valence-electron chi connectivity index (χ0n) is 41.3. The molecule has 382 valence electrons. The van der Waals surface area contributed by atoms with Gasteiger partial charge in [0.05, 0.1) is 20.3 Å². The number of carbonyl (C=O) groups is 6. The molecule has 1 aliphatic heterocycles. The minimum atomic E-state index is -1.27. The molecular weight excluding hydrogens is 935 g/mol. The molecule has 7 rings (SSSR count). The second-order valence-electron chi connectivity index (χ2n) is 17.5. The monoisotopic (exact) mass is 995 g/mol. The van der Waals surface area contributed by atoms with Crippen molar-refractivity contribution in [3.05, 3.63) is 179 Å². The van der Waals surface area contributed by atoms with Crippen LogP contribution in [0.2, 0.25) is 0 Å². The molecule has 16 heteroatoms. The molecule has 0 saturated carbocycles. The maximum atomic E-state index is 13.7. The Morgan fingerprint density at radius 1 is 0.671 bits per heavy atom. The van der Waals surface area contributed by atoms with Crippen LogP contribution in [0.15, 0.2) is 152 Å². The number of unbranched alkanes of at least 4 members (excludes halogenated alkanes) is 1. The molecule has 0 bridgehead atoms. The Bertz CT molecular complexity index is 2560. The van der Waals surface area contributed by atoms with Gasteiger partial charge in [0.1, 0.15) is 37.4 Å². The summed E-state index contributed by atoms with van der Waals surface area (Å²) in [5.74, 6) is -3.26. The zero-order chi connectivity index (χ0) is 51.7. The lowest BCUT2D eigenvalue weighted by Gasteiger charge is -2.46. The fourth-order valence-corrected chi connectivity index (χ4v) is 9.34. The predicted molar refractivity (Wildman–Crippen MR) is 269 cm³/mol. The number of carbonyl (C=O) groups excluding carboxylic acids is 6. The third kappa shape index (κ3) is 13.5. The molecule has 2 N–H and O–H groups in total. The van der Waals surface area contributed by atoms with Crippen molar-refractivity contribution in [2.24, 2.45) is 0 Å². The summed E-state index contributed by atoms with van der Waals surface area (Å²) < 4.78 is 42.2. The molecular formula is C57H61N3O13. The van der Waals surface area contributed by atoms with Crippen molar-refractivity contribution in [2.45, 2.75) is 75.8 Å². The lowest BCUT2D eigenvalue weighted by atomic mass is 9.80. The fourth-order valence-electron chi connectivity index (χ4n) is 9.34. The number of nitrogens with zero attached hydrogens (tertiary/aromatic N) is 1. The van der Waals surface area contributed by atoms with Crippen LogP contribution in [-0.2, 0) is 62.7 Å². The SMILES string of the molecule is COC(=O)CNC(=O)CN(CCC/C=C/CO[C@@H]1O[C@H](COC(c2ccccc2)(c2ccccc2)c2ccccc2)[C@@H](OC(C)=O)[C@H](OC(C)=O)[C@H]1NC(C)=O)C(=O)OCC1c2ccccc2-c2ccccc21. The highest BCUT2D eigenvalue weighted by atomic mass is 16.7. The van der Waals surface area contributed by atoms with Crippen molar-refractivity contribution in [3.8, 4) is 11.1 Å². The number of esters is 3. The highest BCUT2D eigenvalue weighted by molar-refractivity contribution is 5.85. The molecule has 5 atom stereocenters. The molecule has 5 aromatic rings. The summed E-state index contributed by atoms with van der Waals surface area (Å²) in [5, 5.41) is 5.27. The maximum absolute atomic E-state index is 13.7. The van der Waals surface area contributed by atoms with Crippen LogP contribution in [0.4, 0.5) is 4.79 Å². The smallest absolute Gasteiger partial charge is 0.410 e. The van der Waals surface area contributed by atoms with Crippen LogP contribution in [0, 0.1) is 0 Å². The Hall–Kier alpha value is -7.66. The van der Waals surface area contributed by atoms with Gasteiger partial charge < -0.3 is 43.8 Å². The van der Waals surface area contributed by atoms with Gasteiger partial charge in [-0.2, -0.15) is 0 Å². The number of hydrogen-bond acceptors (Lipinski definition) is 13. The molecule has 2 aliphatic rings. The van der Waals surface area contributed by atoms with E-state index in [4.69, 9.17) is 28.4 Å². The van der Waals surface area contributed by atoms with Gasteiger partial charge in [-0.15, -0.1) is 0 Å². The molecule has 16 nitrogen and oxygen atoms in total. The number of ether oxygens (including phenoxy) is 7. The lowest BCUT2D eigenvalue weighted by Crippen LogP contribution is -2.66. The molecule has 0 unspecified atom stereocenters. The van der Waals surface area contributed by atoms with Crippen LogP contribution in [0.3, 0.4) is 0 Å². The van der Waals surface area contributed by atoms with Gasteiger partial charge in [-0.3, -0.25) is 28.9 Å². The molecule has 73 heavy (non-hydrogen) atoms. The first kappa shape index (κ1) is 53.1. The van der Waals surface area contributed by atoms with Crippen LogP contribution in [-0.4, -0.2) is 118 Å². The topological polar surface area (TPSA) is 194 Å². The van der Waals surface area contributed by atoms with Crippen molar-refractivity contribution < 1.29 is 61.9 Å². The Morgan fingerprint density at radius 3 is 1.74 bits per heavy atom. The number of fused-ring (bicyclic) bond motifs is 3. The van der Waals surface area contributed by atoms with E-state index in [9.17, 15) is 28.8 Å². The van der Waals surface area contributed by atoms with E-state index in [0.29, 0.717) is 12.8 Å². The van der Waals surface area contributed by atoms with E-state index in [1.807, 2.05) is 146 Å². The summed E-state index contributed by atoms with van der Waals surface area (Å²) in [6.45, 7) is 2.92. The molecule has 0 aromatic heterocycles. The molecule has 5 aromatic carbocycles. The number of hydrogen-bond donors (Lipinski definition) is 2. The molecule has 0 radical (unpaired) electrons. The summed E-state index contributed by atoms with van der Waals surface area (Å²) in [4.78, 5) is 78.0. The molecule has 1 saturated heterocycles. The van der Waals surface area contributed by atoms with Crippen molar-refractivity contribution in [3.63, 3.8) is 0 Å². The summed E-state index contributed by atoms with van der Waals surface area (Å²) in [7, 11) is 1.21. The second kappa shape index (κ2) is 25.6. The zero-order valence-corrected chi connectivity index (χ0v) is 41.3. The fraction of sp³-hybridized carbons (Fsp3) is 0.333. The van der Waals surface area contributed by atoms with Crippen LogP contribution >= 0.6 is 0 Å². The summed E-state index contributed by atoms with van der Waals surface area (Å²) in [6, 6.07) is 43.8. The maximum Gasteiger partial charge on any atom is 0.410 e. The van der Waals surface area contributed by atoms with Gasteiger partial charge in [0.25, 0.3) is 0 Å². The first-order chi connectivity index (χ1) is 35.4. The summed E-state index contributed by atoms with van der Waals surface area (Å²) in [5.41, 5.74) is 5.45. The third-order valence-electron chi connectivity index (χ3n) is 12.5. The van der Waals surface area contributed by atoms with E-state index in [2.05, 4.69) is 15.4 Å². The van der Waals surface area contributed by atoms with Crippen LogP contribution in [0.1, 0.15) is 67.3 Å². The molecule has 1 aliphatic carbocycles. The molecule has 1 heterocycles. The quantitative estimate of drug-likeness (QED) is 0.0237. The van der Waals surface area contributed by atoms with E-state index in [1.54, 1.807) is 6.08 Å². The predicted octanol–water partition coefficient (Wildman–Crippen LogP) is 6.98. The Balaban J connectivity index is 1.06. The minimum Gasteiger partial charge on any atom is -0.468 e. The number of allylic oxidation sites excluding steroid dienone is 1. The molecule has 1 fully saturated rings. The summed E-state index contributed by atoms with van der Waals surface area (Å²) in [6.07, 6.45) is -1.17. The van der Waals surface area contributed by atoms with Gasteiger partial charge in [0.2, 0.25) is 11.8 Å². The lowest BCUT2D eigenvalue weighted by molar-refractivity contribution is -0.279. The number of rotatable bonds is 22. The van der Waals surface area contributed by atoms with E-state index < -0.39 is 72.1 Å². The average molecular weight is 996 g/mol. The Kier molecular flexibility index (Phi) is 18.7. The van der Waals surface area contributed by atoms with Crippen molar-refractivity contribution in [1.29, 1.82) is 0 Å². The first-order valence-corrected chi connectivity index (χ1v) is 24.2.